The SMILES string of the molecule is Cc1c(CC(=O)c2cc3c(cn2)CN(CCO)CO3)cccc1-c1ccccc1. The topological polar surface area (TPSA) is 62.7 Å². The number of benzene rings is 2. The van der Waals surface area contributed by atoms with Crippen molar-refractivity contribution in [3.8, 4) is 16.9 Å². The summed E-state index contributed by atoms with van der Waals surface area (Å²) in [5.41, 5.74) is 5.76. The van der Waals surface area contributed by atoms with E-state index in [1.165, 1.54) is 0 Å². The average Bonchev–Trinajstić information content (AvgIpc) is 2.75. The summed E-state index contributed by atoms with van der Waals surface area (Å²) < 4.78 is 5.75. The van der Waals surface area contributed by atoms with Gasteiger partial charge in [0.15, 0.2) is 5.78 Å². The van der Waals surface area contributed by atoms with Gasteiger partial charge in [0.1, 0.15) is 18.2 Å². The maximum Gasteiger partial charge on any atom is 0.185 e. The Morgan fingerprint density at radius 2 is 2.00 bits per heavy atom. The van der Waals surface area contributed by atoms with Gasteiger partial charge in [0, 0.05) is 37.3 Å². The molecule has 0 fully saturated rings. The van der Waals surface area contributed by atoms with E-state index in [2.05, 4.69) is 30.1 Å². The molecule has 0 saturated heterocycles. The molecule has 0 amide bonds. The lowest BCUT2D eigenvalue weighted by atomic mass is 9.93. The van der Waals surface area contributed by atoms with Gasteiger partial charge in [0.25, 0.3) is 0 Å². The van der Waals surface area contributed by atoms with E-state index in [0.29, 0.717) is 37.7 Å². The van der Waals surface area contributed by atoms with Crippen molar-refractivity contribution in [3.63, 3.8) is 0 Å². The quantitative estimate of drug-likeness (QED) is 0.654. The average molecular weight is 388 g/mol. The first kappa shape index (κ1) is 19.3. The zero-order valence-corrected chi connectivity index (χ0v) is 16.5. The lowest BCUT2D eigenvalue weighted by Gasteiger charge is -2.28. The number of hydrogen-bond donors (Lipinski definition) is 1. The second-order valence-electron chi connectivity index (χ2n) is 7.28. The summed E-state index contributed by atoms with van der Waals surface area (Å²) in [4.78, 5) is 19.3. The van der Waals surface area contributed by atoms with Gasteiger partial charge in [0.2, 0.25) is 0 Å². The van der Waals surface area contributed by atoms with Gasteiger partial charge in [-0.05, 0) is 29.2 Å². The molecule has 0 spiro atoms. The largest absolute Gasteiger partial charge is 0.478 e. The number of ether oxygens (including phenoxy) is 1. The number of nitrogens with zero attached hydrogens (tertiary/aromatic N) is 2. The smallest absolute Gasteiger partial charge is 0.185 e. The minimum Gasteiger partial charge on any atom is -0.478 e. The molecule has 2 heterocycles. The number of carbonyl (C=O) groups excluding carboxylic acids is 1. The summed E-state index contributed by atoms with van der Waals surface area (Å²) in [7, 11) is 0. The molecule has 1 aromatic heterocycles. The van der Waals surface area contributed by atoms with Crippen molar-refractivity contribution >= 4 is 5.78 Å². The number of pyridine rings is 1. The zero-order chi connectivity index (χ0) is 20.2. The summed E-state index contributed by atoms with van der Waals surface area (Å²) in [6.45, 7) is 3.77. The molecule has 1 N–H and O–H groups in total. The van der Waals surface area contributed by atoms with E-state index in [1.54, 1.807) is 12.3 Å². The molecule has 0 bridgehead atoms. The zero-order valence-electron chi connectivity index (χ0n) is 16.5. The van der Waals surface area contributed by atoms with Gasteiger partial charge in [-0.3, -0.25) is 14.7 Å². The Morgan fingerprint density at radius 1 is 1.17 bits per heavy atom. The van der Waals surface area contributed by atoms with Gasteiger partial charge in [0.05, 0.1) is 6.61 Å². The third kappa shape index (κ3) is 4.21. The van der Waals surface area contributed by atoms with Crippen molar-refractivity contribution < 1.29 is 14.6 Å². The molecule has 0 saturated carbocycles. The minimum atomic E-state index is -0.0255. The summed E-state index contributed by atoms with van der Waals surface area (Å²) in [6, 6.07) is 18.0. The van der Waals surface area contributed by atoms with E-state index < -0.39 is 0 Å². The Labute approximate surface area is 170 Å². The number of hydrogen-bond acceptors (Lipinski definition) is 5. The Morgan fingerprint density at radius 3 is 2.79 bits per heavy atom. The number of aromatic nitrogens is 1. The standard InChI is InChI=1S/C24H24N2O3/c1-17-19(8-5-9-21(17)18-6-3-2-4-7-18)12-23(28)22-13-24-20(14-25-22)15-26(10-11-27)16-29-24/h2-9,13-14,27H,10-12,15-16H2,1H3. The second-order valence-corrected chi connectivity index (χ2v) is 7.28. The first-order valence-corrected chi connectivity index (χ1v) is 9.78. The molecule has 5 nitrogen and oxygen atoms in total. The van der Waals surface area contributed by atoms with Crippen molar-refractivity contribution in [1.82, 2.24) is 9.88 Å². The van der Waals surface area contributed by atoms with Crippen molar-refractivity contribution in [1.29, 1.82) is 0 Å². The first-order valence-electron chi connectivity index (χ1n) is 9.78. The molecular weight excluding hydrogens is 364 g/mol. The van der Waals surface area contributed by atoms with Crippen LogP contribution in [-0.4, -0.2) is 40.7 Å². The number of β-amino-alcohol motifs (C(OH)–C–C–N with tert-alkyl or cyclic N) is 1. The van der Waals surface area contributed by atoms with Crippen LogP contribution in [0.3, 0.4) is 0 Å². The molecule has 1 aliphatic heterocycles. The lowest BCUT2D eigenvalue weighted by Crippen LogP contribution is -2.34. The molecule has 0 aliphatic carbocycles. The number of rotatable bonds is 6. The molecule has 148 valence electrons. The van der Waals surface area contributed by atoms with Gasteiger partial charge in [-0.2, -0.15) is 0 Å². The molecular formula is C24H24N2O3. The first-order chi connectivity index (χ1) is 14.2. The molecule has 2 aromatic carbocycles. The second kappa shape index (κ2) is 8.55. The van der Waals surface area contributed by atoms with Crippen molar-refractivity contribution in [2.24, 2.45) is 0 Å². The van der Waals surface area contributed by atoms with Crippen LogP contribution < -0.4 is 4.74 Å². The van der Waals surface area contributed by atoms with E-state index in [4.69, 9.17) is 9.84 Å². The van der Waals surface area contributed by atoms with E-state index >= 15 is 0 Å². The minimum absolute atomic E-state index is 0.0255. The Bertz CT molecular complexity index is 1020. The highest BCUT2D eigenvalue weighted by Gasteiger charge is 2.20. The van der Waals surface area contributed by atoms with Gasteiger partial charge in [-0.15, -0.1) is 0 Å². The number of aliphatic hydroxyl groups excluding tert-OH is 1. The van der Waals surface area contributed by atoms with Crippen LogP contribution in [0, 0.1) is 6.92 Å². The molecule has 29 heavy (non-hydrogen) atoms. The van der Waals surface area contributed by atoms with Crippen LogP contribution in [0.4, 0.5) is 0 Å². The summed E-state index contributed by atoms with van der Waals surface area (Å²) >= 11 is 0. The molecule has 1 aliphatic rings. The summed E-state index contributed by atoms with van der Waals surface area (Å²) in [5, 5.41) is 9.08. The van der Waals surface area contributed by atoms with Crippen LogP contribution in [0.5, 0.6) is 5.75 Å². The fourth-order valence-corrected chi connectivity index (χ4v) is 3.67. The number of aliphatic hydroxyl groups is 1. The highest BCUT2D eigenvalue weighted by atomic mass is 16.5. The Balaban J connectivity index is 1.53. The molecule has 0 unspecified atom stereocenters. The van der Waals surface area contributed by atoms with Crippen LogP contribution in [0.15, 0.2) is 60.8 Å². The third-order valence-corrected chi connectivity index (χ3v) is 5.32. The maximum absolute atomic E-state index is 12.9. The predicted molar refractivity (Wildman–Crippen MR) is 112 cm³/mol. The fourth-order valence-electron chi connectivity index (χ4n) is 3.67. The fraction of sp³-hybridized carbons (Fsp3) is 0.250. The highest BCUT2D eigenvalue weighted by molar-refractivity contribution is 5.96. The molecule has 0 radical (unpaired) electrons. The Kier molecular flexibility index (Phi) is 5.69. The number of Topliss-reactive ketones (excluding diaryl/α,β-unsaturated/α-hetero) is 1. The summed E-state index contributed by atoms with van der Waals surface area (Å²) in [5.74, 6) is 0.676. The van der Waals surface area contributed by atoms with E-state index in [1.807, 2.05) is 35.2 Å². The number of fused-ring (bicyclic) bond motifs is 1. The maximum atomic E-state index is 12.9. The summed E-state index contributed by atoms with van der Waals surface area (Å²) in [6.07, 6.45) is 2.01. The number of ketones is 1. The molecule has 5 heteroatoms. The molecule has 3 aromatic rings. The number of carbonyl (C=O) groups is 1. The predicted octanol–water partition coefficient (Wildman–Crippen LogP) is 3.63. The van der Waals surface area contributed by atoms with E-state index in [9.17, 15) is 4.79 Å². The van der Waals surface area contributed by atoms with E-state index in [0.717, 1.165) is 27.8 Å². The molecule has 0 atom stereocenters. The van der Waals surface area contributed by atoms with Crippen LogP contribution in [-0.2, 0) is 13.0 Å². The molecule has 4 rings (SSSR count). The van der Waals surface area contributed by atoms with E-state index in [-0.39, 0.29) is 12.4 Å². The van der Waals surface area contributed by atoms with Crippen LogP contribution in [0.2, 0.25) is 0 Å². The van der Waals surface area contributed by atoms with Gasteiger partial charge in [-0.1, -0.05) is 48.5 Å². The van der Waals surface area contributed by atoms with Gasteiger partial charge in [-0.25, -0.2) is 0 Å². The normalized spacial score (nSPS) is 13.6. The van der Waals surface area contributed by atoms with Crippen LogP contribution >= 0.6 is 0 Å². The van der Waals surface area contributed by atoms with Crippen molar-refractivity contribution in [2.45, 2.75) is 19.9 Å². The lowest BCUT2D eigenvalue weighted by molar-refractivity contribution is 0.0765. The van der Waals surface area contributed by atoms with Crippen molar-refractivity contribution in [2.75, 3.05) is 19.9 Å². The Hall–Kier alpha value is -3.02. The van der Waals surface area contributed by atoms with Crippen LogP contribution in [0.25, 0.3) is 11.1 Å². The highest BCUT2D eigenvalue weighted by Crippen LogP contribution is 2.28. The third-order valence-electron chi connectivity index (χ3n) is 5.32. The monoisotopic (exact) mass is 388 g/mol. The van der Waals surface area contributed by atoms with Gasteiger partial charge >= 0.3 is 0 Å². The van der Waals surface area contributed by atoms with Crippen molar-refractivity contribution in [3.05, 3.63) is 83.2 Å². The van der Waals surface area contributed by atoms with Crippen LogP contribution in [0.1, 0.15) is 27.2 Å². The van der Waals surface area contributed by atoms with Gasteiger partial charge < -0.3 is 9.84 Å².